The first-order chi connectivity index (χ1) is 12.4. The number of benzene rings is 3. The van der Waals surface area contributed by atoms with Crippen LogP contribution in [0.2, 0.25) is 0 Å². The summed E-state index contributed by atoms with van der Waals surface area (Å²) in [7, 11) is -0.770. The quantitative estimate of drug-likeness (QED) is 0.340. The van der Waals surface area contributed by atoms with E-state index in [1.165, 1.54) is 0 Å². The number of hydrogen-bond acceptors (Lipinski definition) is 4. The molecular formula is C20H19BO4. The van der Waals surface area contributed by atoms with E-state index in [0.29, 0.717) is 13.2 Å². The van der Waals surface area contributed by atoms with Gasteiger partial charge in [-0.1, -0.05) is 91.0 Å². The minimum absolute atomic E-state index is 0.326. The Kier molecular flexibility index (Phi) is 6.79. The lowest BCUT2D eigenvalue weighted by Crippen LogP contribution is -2.37. The van der Waals surface area contributed by atoms with Crippen LogP contribution in [-0.4, -0.2) is 7.12 Å². The van der Waals surface area contributed by atoms with Crippen molar-refractivity contribution in [2.24, 2.45) is 0 Å². The van der Waals surface area contributed by atoms with Gasteiger partial charge in [0.15, 0.2) is 0 Å². The fraction of sp³-hybridized carbons (Fsp3) is 0.100. The maximum Gasteiger partial charge on any atom is 0.554 e. The summed E-state index contributed by atoms with van der Waals surface area (Å²) in [6, 6.07) is 29.1. The first-order valence-corrected chi connectivity index (χ1v) is 8.11. The molecule has 0 fully saturated rings. The van der Waals surface area contributed by atoms with Crippen molar-refractivity contribution in [2.45, 2.75) is 13.2 Å². The SMILES string of the molecule is c1ccc(COOB(OOCc2ccccc2)c2ccccc2)cc1. The lowest BCUT2D eigenvalue weighted by molar-refractivity contribution is -0.289. The molecule has 0 bridgehead atoms. The van der Waals surface area contributed by atoms with Gasteiger partial charge in [-0.2, -0.15) is 0 Å². The van der Waals surface area contributed by atoms with E-state index < -0.39 is 7.12 Å². The highest BCUT2D eigenvalue weighted by molar-refractivity contribution is 6.60. The smallest absolute Gasteiger partial charge is 0.255 e. The topological polar surface area (TPSA) is 36.9 Å². The van der Waals surface area contributed by atoms with E-state index in [0.717, 1.165) is 16.6 Å². The van der Waals surface area contributed by atoms with Gasteiger partial charge in [0.2, 0.25) is 0 Å². The van der Waals surface area contributed by atoms with E-state index in [1.54, 1.807) is 0 Å². The molecule has 0 aliphatic carbocycles. The molecule has 3 aromatic rings. The highest BCUT2D eigenvalue weighted by Gasteiger charge is 2.24. The maximum absolute atomic E-state index is 5.42. The standard InChI is InChI=1S/C20H19BO4/c1-4-10-18(11-5-1)16-22-24-21(20-14-8-3-9-15-20)25-23-17-19-12-6-2-7-13-19/h1-15H,16-17H2. The van der Waals surface area contributed by atoms with Crippen molar-refractivity contribution in [1.29, 1.82) is 0 Å². The summed E-state index contributed by atoms with van der Waals surface area (Å²) in [5.41, 5.74) is 2.84. The van der Waals surface area contributed by atoms with E-state index >= 15 is 0 Å². The molecule has 0 N–H and O–H groups in total. The van der Waals surface area contributed by atoms with Gasteiger partial charge in [-0.05, 0) is 16.6 Å². The van der Waals surface area contributed by atoms with Crippen molar-refractivity contribution in [2.75, 3.05) is 0 Å². The third-order valence-corrected chi connectivity index (χ3v) is 3.52. The molecule has 3 aromatic carbocycles. The lowest BCUT2D eigenvalue weighted by atomic mass is 9.80. The van der Waals surface area contributed by atoms with E-state index in [1.807, 2.05) is 91.0 Å². The van der Waals surface area contributed by atoms with E-state index in [4.69, 9.17) is 19.4 Å². The van der Waals surface area contributed by atoms with Crippen molar-refractivity contribution in [3.8, 4) is 0 Å². The first kappa shape index (κ1) is 17.4. The van der Waals surface area contributed by atoms with Crippen LogP contribution in [0.3, 0.4) is 0 Å². The molecule has 0 saturated heterocycles. The monoisotopic (exact) mass is 334 g/mol. The Morgan fingerprint density at radius 2 is 0.920 bits per heavy atom. The second kappa shape index (κ2) is 9.76. The molecule has 0 unspecified atom stereocenters. The average Bonchev–Trinajstić information content (AvgIpc) is 2.69. The zero-order valence-corrected chi connectivity index (χ0v) is 13.8. The predicted molar refractivity (Wildman–Crippen MR) is 96.5 cm³/mol. The van der Waals surface area contributed by atoms with Crippen molar-refractivity contribution in [1.82, 2.24) is 0 Å². The Labute approximate surface area is 147 Å². The van der Waals surface area contributed by atoms with E-state index in [2.05, 4.69) is 0 Å². The summed E-state index contributed by atoms with van der Waals surface area (Å²) >= 11 is 0. The van der Waals surface area contributed by atoms with Gasteiger partial charge in [-0.15, -0.1) is 0 Å². The Hall–Kier alpha value is -2.44. The average molecular weight is 334 g/mol. The fourth-order valence-corrected chi connectivity index (χ4v) is 2.21. The minimum Gasteiger partial charge on any atom is -0.255 e. The second-order valence-electron chi connectivity index (χ2n) is 5.43. The molecule has 0 radical (unpaired) electrons. The molecule has 126 valence electrons. The molecule has 0 aliphatic heterocycles. The van der Waals surface area contributed by atoms with Crippen molar-refractivity contribution in [3.63, 3.8) is 0 Å². The highest BCUT2D eigenvalue weighted by atomic mass is 17.3. The van der Waals surface area contributed by atoms with Gasteiger partial charge in [0.05, 0.1) is 0 Å². The van der Waals surface area contributed by atoms with Crippen molar-refractivity contribution < 1.29 is 19.4 Å². The molecular weight excluding hydrogens is 315 g/mol. The number of rotatable bonds is 9. The van der Waals surface area contributed by atoms with Crippen LogP contribution < -0.4 is 5.46 Å². The summed E-state index contributed by atoms with van der Waals surface area (Å²) < 4.78 is 0. The van der Waals surface area contributed by atoms with Crippen LogP contribution in [0.15, 0.2) is 91.0 Å². The largest absolute Gasteiger partial charge is 0.554 e. The summed E-state index contributed by atoms with van der Waals surface area (Å²) in [5.74, 6) is 0. The molecule has 0 spiro atoms. The Morgan fingerprint density at radius 1 is 0.520 bits per heavy atom. The zero-order chi connectivity index (χ0) is 17.2. The van der Waals surface area contributed by atoms with Gasteiger partial charge >= 0.3 is 7.12 Å². The van der Waals surface area contributed by atoms with Crippen LogP contribution in [0, 0.1) is 0 Å². The van der Waals surface area contributed by atoms with Gasteiger partial charge in [-0.3, -0.25) is 9.61 Å². The predicted octanol–water partition coefficient (Wildman–Crippen LogP) is 3.68. The highest BCUT2D eigenvalue weighted by Crippen LogP contribution is 2.05. The van der Waals surface area contributed by atoms with Crippen molar-refractivity contribution in [3.05, 3.63) is 102 Å². The van der Waals surface area contributed by atoms with Gasteiger partial charge in [0.25, 0.3) is 0 Å². The summed E-state index contributed by atoms with van der Waals surface area (Å²) in [5, 5.41) is 0. The van der Waals surface area contributed by atoms with E-state index in [9.17, 15) is 0 Å². The zero-order valence-electron chi connectivity index (χ0n) is 13.8. The molecule has 25 heavy (non-hydrogen) atoms. The van der Waals surface area contributed by atoms with Crippen LogP contribution >= 0.6 is 0 Å². The molecule has 0 heterocycles. The summed E-state index contributed by atoms with van der Waals surface area (Å²) in [6.07, 6.45) is 0. The number of hydrogen-bond donors (Lipinski definition) is 0. The normalized spacial score (nSPS) is 10.6. The molecule has 3 rings (SSSR count). The van der Waals surface area contributed by atoms with Gasteiger partial charge in [0, 0.05) is 0 Å². The molecule has 0 aromatic heterocycles. The van der Waals surface area contributed by atoms with Gasteiger partial charge in [-0.25, -0.2) is 9.78 Å². The third-order valence-electron chi connectivity index (χ3n) is 3.52. The fourth-order valence-electron chi connectivity index (χ4n) is 2.21. The second-order valence-corrected chi connectivity index (χ2v) is 5.43. The van der Waals surface area contributed by atoms with Crippen LogP contribution in [0.25, 0.3) is 0 Å². The first-order valence-electron chi connectivity index (χ1n) is 8.11. The van der Waals surface area contributed by atoms with Crippen molar-refractivity contribution >= 4 is 12.6 Å². The lowest BCUT2D eigenvalue weighted by Gasteiger charge is -2.13. The van der Waals surface area contributed by atoms with Crippen LogP contribution in [0.1, 0.15) is 11.1 Å². The van der Waals surface area contributed by atoms with Gasteiger partial charge < -0.3 is 0 Å². The molecule has 0 amide bonds. The Balaban J connectivity index is 1.54. The van der Waals surface area contributed by atoms with Crippen LogP contribution in [0.4, 0.5) is 0 Å². The molecule has 0 saturated carbocycles. The van der Waals surface area contributed by atoms with Crippen LogP contribution in [0.5, 0.6) is 0 Å². The minimum atomic E-state index is -0.770. The maximum atomic E-state index is 5.42. The summed E-state index contributed by atoms with van der Waals surface area (Å²) in [6.45, 7) is 0.651. The Morgan fingerprint density at radius 3 is 1.36 bits per heavy atom. The molecule has 0 atom stereocenters. The summed E-state index contributed by atoms with van der Waals surface area (Å²) in [4.78, 5) is 21.5. The van der Waals surface area contributed by atoms with Gasteiger partial charge in [0.1, 0.15) is 13.2 Å². The van der Waals surface area contributed by atoms with E-state index in [-0.39, 0.29) is 0 Å². The molecule has 4 nitrogen and oxygen atoms in total. The molecule has 5 heteroatoms. The third kappa shape index (κ3) is 5.85. The van der Waals surface area contributed by atoms with Crippen LogP contribution in [-0.2, 0) is 32.6 Å². The molecule has 0 aliphatic rings. The Bertz CT molecular complexity index is 677.